The molecule has 1 aromatic rings. The van der Waals surface area contributed by atoms with Gasteiger partial charge in [-0.3, -0.25) is 4.79 Å². The SMILES string of the molecule is CCSCC(C)NC(=O)c1cc(C)cc(N)c1. The van der Waals surface area contributed by atoms with E-state index in [1.165, 1.54) is 0 Å². The van der Waals surface area contributed by atoms with E-state index < -0.39 is 0 Å². The van der Waals surface area contributed by atoms with Crippen LogP contribution in [-0.2, 0) is 0 Å². The van der Waals surface area contributed by atoms with E-state index in [2.05, 4.69) is 12.2 Å². The molecule has 0 saturated heterocycles. The molecule has 0 heterocycles. The van der Waals surface area contributed by atoms with E-state index in [1.807, 2.05) is 37.7 Å². The van der Waals surface area contributed by atoms with Crippen LogP contribution in [-0.4, -0.2) is 23.5 Å². The van der Waals surface area contributed by atoms with Crippen molar-refractivity contribution in [3.05, 3.63) is 29.3 Å². The van der Waals surface area contributed by atoms with Crippen LogP contribution in [0.1, 0.15) is 29.8 Å². The first-order valence-electron chi connectivity index (χ1n) is 5.78. The smallest absolute Gasteiger partial charge is 0.251 e. The minimum Gasteiger partial charge on any atom is -0.399 e. The Morgan fingerprint density at radius 3 is 2.76 bits per heavy atom. The molecule has 0 aromatic heterocycles. The van der Waals surface area contributed by atoms with Gasteiger partial charge in [0.25, 0.3) is 5.91 Å². The minimum absolute atomic E-state index is 0.0513. The number of carbonyl (C=O) groups excluding carboxylic acids is 1. The molecule has 3 nitrogen and oxygen atoms in total. The van der Waals surface area contributed by atoms with Gasteiger partial charge in [0.15, 0.2) is 0 Å². The van der Waals surface area contributed by atoms with E-state index in [9.17, 15) is 4.79 Å². The molecular weight excluding hydrogens is 232 g/mol. The van der Waals surface area contributed by atoms with Crippen LogP contribution in [0.3, 0.4) is 0 Å². The van der Waals surface area contributed by atoms with E-state index in [0.717, 1.165) is 17.1 Å². The van der Waals surface area contributed by atoms with Crippen LogP contribution in [0.25, 0.3) is 0 Å². The maximum atomic E-state index is 11.9. The second-order valence-corrected chi connectivity index (χ2v) is 5.49. The fourth-order valence-electron chi connectivity index (χ4n) is 1.59. The van der Waals surface area contributed by atoms with Gasteiger partial charge in [-0.25, -0.2) is 0 Å². The summed E-state index contributed by atoms with van der Waals surface area (Å²) < 4.78 is 0. The molecule has 4 heteroatoms. The van der Waals surface area contributed by atoms with E-state index in [1.54, 1.807) is 6.07 Å². The highest BCUT2D eigenvalue weighted by molar-refractivity contribution is 7.99. The second kappa shape index (κ2) is 6.55. The normalized spacial score (nSPS) is 12.2. The molecule has 0 radical (unpaired) electrons. The lowest BCUT2D eigenvalue weighted by Gasteiger charge is -2.13. The van der Waals surface area contributed by atoms with Gasteiger partial charge in [-0.2, -0.15) is 11.8 Å². The maximum absolute atomic E-state index is 11.9. The average Bonchev–Trinajstić information content (AvgIpc) is 2.25. The van der Waals surface area contributed by atoms with E-state index >= 15 is 0 Å². The molecule has 94 valence electrons. The molecule has 1 atom stereocenters. The predicted octanol–water partition coefficient (Wildman–Crippen LogP) is 2.45. The van der Waals surface area contributed by atoms with Crippen molar-refractivity contribution >= 4 is 23.4 Å². The maximum Gasteiger partial charge on any atom is 0.251 e. The molecule has 17 heavy (non-hydrogen) atoms. The highest BCUT2D eigenvalue weighted by atomic mass is 32.2. The van der Waals surface area contributed by atoms with Gasteiger partial charge in [0, 0.05) is 23.0 Å². The fraction of sp³-hybridized carbons (Fsp3) is 0.462. The van der Waals surface area contributed by atoms with E-state index in [-0.39, 0.29) is 11.9 Å². The molecule has 0 aliphatic rings. The summed E-state index contributed by atoms with van der Waals surface area (Å²) in [7, 11) is 0. The Morgan fingerprint density at radius 1 is 1.47 bits per heavy atom. The molecule has 1 rings (SSSR count). The van der Waals surface area contributed by atoms with Gasteiger partial charge in [0.1, 0.15) is 0 Å². The molecule has 0 aliphatic heterocycles. The number of thioether (sulfide) groups is 1. The summed E-state index contributed by atoms with van der Waals surface area (Å²) in [6, 6.07) is 5.59. The van der Waals surface area contributed by atoms with E-state index in [4.69, 9.17) is 5.73 Å². The summed E-state index contributed by atoms with van der Waals surface area (Å²) in [5, 5.41) is 2.97. The van der Waals surface area contributed by atoms with Gasteiger partial charge in [-0.15, -0.1) is 0 Å². The zero-order chi connectivity index (χ0) is 12.8. The number of anilines is 1. The number of nitrogen functional groups attached to an aromatic ring is 1. The summed E-state index contributed by atoms with van der Waals surface area (Å²) in [4.78, 5) is 11.9. The summed E-state index contributed by atoms with van der Waals surface area (Å²) >= 11 is 1.82. The van der Waals surface area contributed by atoms with Crippen molar-refractivity contribution < 1.29 is 4.79 Å². The summed E-state index contributed by atoms with van der Waals surface area (Å²) in [6.45, 7) is 6.06. The third-order valence-corrected chi connectivity index (χ3v) is 3.46. The van der Waals surface area contributed by atoms with Crippen molar-refractivity contribution in [2.45, 2.75) is 26.8 Å². The second-order valence-electron chi connectivity index (χ2n) is 4.17. The van der Waals surface area contributed by atoms with Gasteiger partial charge in [0.2, 0.25) is 0 Å². The van der Waals surface area contributed by atoms with Gasteiger partial charge in [0.05, 0.1) is 0 Å². The van der Waals surface area contributed by atoms with Crippen LogP contribution in [0.15, 0.2) is 18.2 Å². The first-order chi connectivity index (χ1) is 8.02. The zero-order valence-corrected chi connectivity index (χ0v) is 11.4. The highest BCUT2D eigenvalue weighted by Gasteiger charge is 2.10. The summed E-state index contributed by atoms with van der Waals surface area (Å²) in [5.74, 6) is 1.95. The molecule has 0 spiro atoms. The predicted molar refractivity (Wildman–Crippen MR) is 75.5 cm³/mol. The first-order valence-corrected chi connectivity index (χ1v) is 6.94. The van der Waals surface area contributed by atoms with Crippen molar-refractivity contribution in [2.75, 3.05) is 17.2 Å². The lowest BCUT2D eigenvalue weighted by molar-refractivity contribution is 0.0943. The van der Waals surface area contributed by atoms with Crippen LogP contribution >= 0.6 is 11.8 Å². The Hall–Kier alpha value is -1.16. The van der Waals surface area contributed by atoms with Crippen molar-refractivity contribution in [3.8, 4) is 0 Å². The third-order valence-electron chi connectivity index (χ3n) is 2.31. The van der Waals surface area contributed by atoms with E-state index in [0.29, 0.717) is 11.3 Å². The Bertz CT molecular complexity index is 373. The lowest BCUT2D eigenvalue weighted by Crippen LogP contribution is -2.34. The topological polar surface area (TPSA) is 55.1 Å². The van der Waals surface area contributed by atoms with Crippen molar-refractivity contribution in [2.24, 2.45) is 0 Å². The number of hydrogen-bond acceptors (Lipinski definition) is 3. The summed E-state index contributed by atoms with van der Waals surface area (Å²) in [6.07, 6.45) is 0. The van der Waals surface area contributed by atoms with Gasteiger partial charge in [-0.05, 0) is 43.4 Å². The van der Waals surface area contributed by atoms with Crippen molar-refractivity contribution in [1.29, 1.82) is 0 Å². The Balaban J connectivity index is 2.63. The lowest BCUT2D eigenvalue weighted by atomic mass is 10.1. The average molecular weight is 252 g/mol. The number of nitrogens with one attached hydrogen (secondary N) is 1. The van der Waals surface area contributed by atoms with Gasteiger partial charge < -0.3 is 11.1 Å². The molecule has 1 amide bonds. The molecule has 0 fully saturated rings. The van der Waals surface area contributed by atoms with Crippen molar-refractivity contribution in [3.63, 3.8) is 0 Å². The third kappa shape index (κ3) is 4.69. The van der Waals surface area contributed by atoms with Crippen LogP contribution in [0.4, 0.5) is 5.69 Å². The Kier molecular flexibility index (Phi) is 5.35. The Morgan fingerprint density at radius 2 is 2.18 bits per heavy atom. The standard InChI is InChI=1S/C13H20N2OS/c1-4-17-8-10(3)15-13(16)11-5-9(2)6-12(14)7-11/h5-7,10H,4,8,14H2,1-3H3,(H,15,16). The monoisotopic (exact) mass is 252 g/mol. The summed E-state index contributed by atoms with van der Waals surface area (Å²) in [5.41, 5.74) is 7.99. The highest BCUT2D eigenvalue weighted by Crippen LogP contribution is 2.11. The number of rotatable bonds is 5. The fourth-order valence-corrected chi connectivity index (χ4v) is 2.26. The molecule has 1 unspecified atom stereocenters. The zero-order valence-electron chi connectivity index (χ0n) is 10.6. The largest absolute Gasteiger partial charge is 0.399 e. The molecule has 0 aliphatic carbocycles. The first kappa shape index (κ1) is 13.9. The molecule has 3 N–H and O–H groups in total. The van der Waals surface area contributed by atoms with Crippen LogP contribution in [0.5, 0.6) is 0 Å². The van der Waals surface area contributed by atoms with Crippen LogP contribution < -0.4 is 11.1 Å². The molecule has 0 saturated carbocycles. The Labute approximate surface area is 107 Å². The van der Waals surface area contributed by atoms with Crippen LogP contribution in [0, 0.1) is 6.92 Å². The number of hydrogen-bond donors (Lipinski definition) is 2. The number of nitrogens with two attached hydrogens (primary N) is 1. The number of amides is 1. The van der Waals surface area contributed by atoms with Crippen molar-refractivity contribution in [1.82, 2.24) is 5.32 Å². The molecule has 1 aromatic carbocycles. The minimum atomic E-state index is -0.0513. The molecule has 0 bridgehead atoms. The number of benzene rings is 1. The van der Waals surface area contributed by atoms with Crippen LogP contribution in [0.2, 0.25) is 0 Å². The number of aryl methyl sites for hydroxylation is 1. The number of carbonyl (C=O) groups is 1. The van der Waals surface area contributed by atoms with Gasteiger partial charge >= 0.3 is 0 Å². The molecular formula is C13H20N2OS. The van der Waals surface area contributed by atoms with Gasteiger partial charge in [-0.1, -0.05) is 6.92 Å². The quantitative estimate of drug-likeness (QED) is 0.791.